The van der Waals surface area contributed by atoms with Gasteiger partial charge in [0.25, 0.3) is 0 Å². The van der Waals surface area contributed by atoms with Crippen molar-refractivity contribution in [2.75, 3.05) is 0 Å². The summed E-state index contributed by atoms with van der Waals surface area (Å²) in [5, 5.41) is 0. The lowest BCUT2D eigenvalue weighted by molar-refractivity contribution is 0.822. The zero-order valence-electron chi connectivity index (χ0n) is 5.85. The van der Waals surface area contributed by atoms with Crippen LogP contribution in [0.2, 0.25) is 0 Å². The highest BCUT2D eigenvalue weighted by Gasteiger charge is 1.95. The maximum Gasteiger partial charge on any atom is -0.00669 e. The van der Waals surface area contributed by atoms with Gasteiger partial charge in [0.05, 0.1) is 0 Å². The van der Waals surface area contributed by atoms with Crippen LogP contribution in [0.3, 0.4) is 0 Å². The van der Waals surface area contributed by atoms with E-state index in [0.29, 0.717) is 0 Å². The molecule has 0 aromatic heterocycles. The molecule has 0 saturated carbocycles. The zero-order chi connectivity index (χ0) is 6.53. The molecule has 0 aromatic carbocycles. The number of hydrogen-bond donors (Lipinski definition) is 0. The van der Waals surface area contributed by atoms with Gasteiger partial charge < -0.3 is 0 Å². The smallest absolute Gasteiger partial charge is 0.00669 e. The van der Waals surface area contributed by atoms with E-state index >= 15 is 0 Å². The summed E-state index contributed by atoms with van der Waals surface area (Å²) in [6, 6.07) is 0. The van der Waals surface area contributed by atoms with E-state index in [9.17, 15) is 0 Å². The van der Waals surface area contributed by atoms with Gasteiger partial charge in [-0.2, -0.15) is 0 Å². The van der Waals surface area contributed by atoms with Crippen LogP contribution in [-0.4, -0.2) is 0 Å². The molecule has 0 saturated heterocycles. The van der Waals surface area contributed by atoms with Crippen LogP contribution in [0.1, 0.15) is 26.2 Å². The Kier molecular flexibility index (Phi) is 2.35. The van der Waals surface area contributed by atoms with Gasteiger partial charge in [-0.1, -0.05) is 12.2 Å². The molecule has 0 spiro atoms. The first kappa shape index (κ1) is 6.38. The van der Waals surface area contributed by atoms with Gasteiger partial charge in [0.2, 0.25) is 0 Å². The summed E-state index contributed by atoms with van der Waals surface area (Å²) in [4.78, 5) is 0. The van der Waals surface area contributed by atoms with E-state index in [1.54, 1.807) is 0 Å². The van der Waals surface area contributed by atoms with Gasteiger partial charge in [-0.3, -0.25) is 0 Å². The molecule has 0 amide bonds. The standard InChI is InChI=1S/C9H12/c1-2-6-9-7-4-3-5-8-9/h2,4,7H,3,5,8H2,1H3. The van der Waals surface area contributed by atoms with E-state index < -0.39 is 0 Å². The quantitative estimate of drug-likeness (QED) is 0.431. The Balaban J connectivity index is 2.71. The van der Waals surface area contributed by atoms with Gasteiger partial charge in [-0.25, -0.2) is 0 Å². The van der Waals surface area contributed by atoms with Crippen LogP contribution in [0, 0.1) is 0 Å². The molecular formula is C9H12. The Hall–Kier alpha value is -0.740. The van der Waals surface area contributed by atoms with Gasteiger partial charge in [-0.15, -0.1) is 5.73 Å². The van der Waals surface area contributed by atoms with Crippen LogP contribution in [0.25, 0.3) is 0 Å². The third-order valence-electron chi connectivity index (χ3n) is 1.47. The van der Waals surface area contributed by atoms with Crippen LogP contribution in [-0.2, 0) is 0 Å². The second-order valence-electron chi connectivity index (χ2n) is 2.25. The molecule has 0 aliphatic heterocycles. The highest BCUT2D eigenvalue weighted by Crippen LogP contribution is 2.13. The molecule has 48 valence electrons. The first-order chi connectivity index (χ1) is 4.43. The summed E-state index contributed by atoms with van der Waals surface area (Å²) in [6.07, 6.45) is 10.1. The van der Waals surface area contributed by atoms with Gasteiger partial charge >= 0.3 is 0 Å². The van der Waals surface area contributed by atoms with Crippen LogP contribution in [0.4, 0.5) is 0 Å². The summed E-state index contributed by atoms with van der Waals surface area (Å²) < 4.78 is 0. The zero-order valence-corrected chi connectivity index (χ0v) is 5.85. The fourth-order valence-corrected chi connectivity index (χ4v) is 1.02. The molecule has 0 N–H and O–H groups in total. The molecule has 0 atom stereocenters. The van der Waals surface area contributed by atoms with Crippen LogP contribution in [0.5, 0.6) is 0 Å². The van der Waals surface area contributed by atoms with Crippen molar-refractivity contribution in [2.45, 2.75) is 26.2 Å². The monoisotopic (exact) mass is 120 g/mol. The van der Waals surface area contributed by atoms with Gasteiger partial charge in [-0.05, 0) is 37.8 Å². The molecule has 0 aromatic rings. The van der Waals surface area contributed by atoms with Crippen molar-refractivity contribution < 1.29 is 0 Å². The average Bonchev–Trinajstić information content (AvgIpc) is 1.91. The maximum absolute atomic E-state index is 3.19. The topological polar surface area (TPSA) is 0 Å². The van der Waals surface area contributed by atoms with Crippen molar-refractivity contribution in [2.24, 2.45) is 0 Å². The Morgan fingerprint density at radius 1 is 1.67 bits per heavy atom. The molecule has 9 heavy (non-hydrogen) atoms. The molecule has 0 heteroatoms. The molecule has 0 bridgehead atoms. The summed E-state index contributed by atoms with van der Waals surface area (Å²) in [5.74, 6) is 0. The fraction of sp³-hybridized carbons (Fsp3) is 0.444. The molecule has 1 aliphatic rings. The van der Waals surface area contributed by atoms with Crippen molar-refractivity contribution in [3.63, 3.8) is 0 Å². The van der Waals surface area contributed by atoms with Crippen molar-refractivity contribution in [3.8, 4) is 0 Å². The van der Waals surface area contributed by atoms with E-state index in [1.165, 1.54) is 24.8 Å². The van der Waals surface area contributed by atoms with Gasteiger partial charge in [0, 0.05) is 0 Å². The maximum atomic E-state index is 3.19. The van der Waals surface area contributed by atoms with Crippen LogP contribution in [0.15, 0.2) is 29.5 Å². The van der Waals surface area contributed by atoms with Crippen molar-refractivity contribution in [3.05, 3.63) is 29.5 Å². The minimum Gasteiger partial charge on any atom is -0.122 e. The fourth-order valence-electron chi connectivity index (χ4n) is 1.02. The van der Waals surface area contributed by atoms with Crippen molar-refractivity contribution >= 4 is 0 Å². The van der Waals surface area contributed by atoms with Gasteiger partial charge in [0.15, 0.2) is 0 Å². The first-order valence-corrected chi connectivity index (χ1v) is 3.50. The molecule has 1 aliphatic carbocycles. The molecule has 0 heterocycles. The van der Waals surface area contributed by atoms with E-state index in [-0.39, 0.29) is 0 Å². The summed E-state index contributed by atoms with van der Waals surface area (Å²) in [7, 11) is 0. The summed E-state index contributed by atoms with van der Waals surface area (Å²) >= 11 is 0. The number of hydrogen-bond acceptors (Lipinski definition) is 0. The summed E-state index contributed by atoms with van der Waals surface area (Å²) in [6.45, 7) is 2.01. The van der Waals surface area contributed by atoms with E-state index in [4.69, 9.17) is 0 Å². The second kappa shape index (κ2) is 3.32. The molecule has 0 radical (unpaired) electrons. The lowest BCUT2D eigenvalue weighted by Gasteiger charge is -2.02. The SMILES string of the molecule is CC=C=C1C=CCCC1. The summed E-state index contributed by atoms with van der Waals surface area (Å²) in [5.41, 5.74) is 4.54. The normalized spacial score (nSPS) is 17.2. The Morgan fingerprint density at radius 2 is 2.56 bits per heavy atom. The number of allylic oxidation sites excluding steroid dienone is 3. The predicted molar refractivity (Wildman–Crippen MR) is 40.3 cm³/mol. The first-order valence-electron chi connectivity index (χ1n) is 3.50. The van der Waals surface area contributed by atoms with Crippen LogP contribution >= 0.6 is 0 Å². The highest BCUT2D eigenvalue weighted by atomic mass is 14.0. The third kappa shape index (κ3) is 1.91. The predicted octanol–water partition coefficient (Wildman–Crippen LogP) is 2.83. The average molecular weight is 120 g/mol. The van der Waals surface area contributed by atoms with E-state index in [0.717, 1.165) is 0 Å². The second-order valence-corrected chi connectivity index (χ2v) is 2.25. The Bertz CT molecular complexity index is 166. The lowest BCUT2D eigenvalue weighted by Crippen LogP contribution is -1.83. The highest BCUT2D eigenvalue weighted by molar-refractivity contribution is 5.20. The van der Waals surface area contributed by atoms with Crippen molar-refractivity contribution in [1.82, 2.24) is 0 Å². The Labute approximate surface area is 56.6 Å². The molecule has 1 rings (SSSR count). The third-order valence-corrected chi connectivity index (χ3v) is 1.47. The largest absolute Gasteiger partial charge is 0.122 e. The molecule has 0 fully saturated rings. The molecular weight excluding hydrogens is 108 g/mol. The van der Waals surface area contributed by atoms with E-state index in [2.05, 4.69) is 17.9 Å². The Morgan fingerprint density at radius 3 is 3.11 bits per heavy atom. The molecule has 0 unspecified atom stereocenters. The van der Waals surface area contributed by atoms with E-state index in [1.807, 2.05) is 13.0 Å². The van der Waals surface area contributed by atoms with Crippen LogP contribution < -0.4 is 0 Å². The minimum absolute atomic E-state index is 1.21. The minimum atomic E-state index is 1.21. The number of rotatable bonds is 0. The lowest BCUT2D eigenvalue weighted by atomic mass is 10.0. The van der Waals surface area contributed by atoms with Crippen molar-refractivity contribution in [1.29, 1.82) is 0 Å². The van der Waals surface area contributed by atoms with Gasteiger partial charge in [0.1, 0.15) is 0 Å². The molecule has 0 nitrogen and oxygen atoms in total.